The summed E-state index contributed by atoms with van der Waals surface area (Å²) in [7, 11) is 0. The molecule has 1 aromatic heterocycles. The van der Waals surface area contributed by atoms with Gasteiger partial charge in [0, 0.05) is 36.3 Å². The van der Waals surface area contributed by atoms with E-state index in [4.69, 9.17) is 15.0 Å². The summed E-state index contributed by atoms with van der Waals surface area (Å²) in [5.74, 6) is 0. The van der Waals surface area contributed by atoms with Crippen LogP contribution in [0.2, 0.25) is 0 Å². The van der Waals surface area contributed by atoms with Crippen LogP contribution < -0.4 is 0 Å². The van der Waals surface area contributed by atoms with Gasteiger partial charge in [-0.1, -0.05) is 20.8 Å². The average molecular weight is 293 g/mol. The largest absolute Gasteiger partial charge is 0.379 e. The Morgan fingerprint density at radius 3 is 2.65 bits per heavy atom. The fourth-order valence-corrected chi connectivity index (χ4v) is 3.56. The maximum Gasteiger partial charge on any atom is 0.0944 e. The van der Waals surface area contributed by atoms with Gasteiger partial charge in [-0.2, -0.15) is 5.26 Å². The molecule has 1 saturated heterocycles. The second-order valence-corrected chi connectivity index (χ2v) is 7.34. The van der Waals surface area contributed by atoms with Gasteiger partial charge in [0.25, 0.3) is 0 Å². The molecule has 0 unspecified atom stereocenters. The van der Waals surface area contributed by atoms with Gasteiger partial charge in [-0.05, 0) is 0 Å². The molecule has 0 radical (unpaired) electrons. The number of morpholine rings is 1. The minimum atomic E-state index is 0.0138. The average Bonchev–Trinajstić information content (AvgIpc) is 2.81. The summed E-state index contributed by atoms with van der Waals surface area (Å²) in [4.78, 5) is 8.35. The maximum absolute atomic E-state index is 8.96. The molecule has 0 aliphatic carbocycles. The number of nitrogens with zero attached hydrogens (tertiary/aromatic N) is 3. The van der Waals surface area contributed by atoms with Crippen molar-refractivity contribution < 1.29 is 4.74 Å². The summed E-state index contributed by atoms with van der Waals surface area (Å²) in [6, 6.07) is 2.26. The van der Waals surface area contributed by atoms with Crippen LogP contribution in [0, 0.1) is 11.3 Å². The van der Waals surface area contributed by atoms with Crippen LogP contribution in [0.3, 0.4) is 0 Å². The molecule has 0 spiro atoms. The first-order valence-corrected chi connectivity index (χ1v) is 7.98. The first kappa shape index (κ1) is 15.4. The Balaban J connectivity index is 2.03. The molecule has 0 saturated carbocycles. The highest BCUT2D eigenvalue weighted by atomic mass is 32.1. The Hall–Kier alpha value is -0.960. The third-order valence-corrected chi connectivity index (χ3v) is 4.55. The Morgan fingerprint density at radius 2 is 2.05 bits per heavy atom. The predicted octanol–water partition coefficient (Wildman–Crippen LogP) is 2.38. The topological polar surface area (TPSA) is 49.2 Å². The monoisotopic (exact) mass is 293 g/mol. The highest BCUT2D eigenvalue weighted by Gasteiger charge is 2.23. The molecule has 1 aliphatic rings. The summed E-state index contributed by atoms with van der Waals surface area (Å²) in [6.07, 6.45) is 1.45. The van der Waals surface area contributed by atoms with Crippen LogP contribution in [0.5, 0.6) is 0 Å². The van der Waals surface area contributed by atoms with Crippen LogP contribution in [0.15, 0.2) is 0 Å². The zero-order valence-electron chi connectivity index (χ0n) is 12.6. The van der Waals surface area contributed by atoms with Crippen LogP contribution in [0.25, 0.3) is 0 Å². The number of nitriles is 1. The van der Waals surface area contributed by atoms with E-state index in [1.54, 1.807) is 11.3 Å². The third kappa shape index (κ3) is 4.02. The lowest BCUT2D eigenvalue weighted by Crippen LogP contribution is -2.37. The van der Waals surface area contributed by atoms with Crippen molar-refractivity contribution in [3.63, 3.8) is 0 Å². The molecule has 1 aliphatic heterocycles. The summed E-state index contributed by atoms with van der Waals surface area (Å²) >= 11 is 1.71. The number of ether oxygens (including phenoxy) is 1. The Labute approximate surface area is 125 Å². The van der Waals surface area contributed by atoms with Gasteiger partial charge >= 0.3 is 0 Å². The molecule has 2 heterocycles. The minimum Gasteiger partial charge on any atom is -0.379 e. The molecule has 1 aromatic rings. The summed E-state index contributed by atoms with van der Waals surface area (Å²) < 4.78 is 5.36. The van der Waals surface area contributed by atoms with Crippen LogP contribution in [-0.2, 0) is 23.0 Å². The molecule has 0 aromatic carbocycles. The van der Waals surface area contributed by atoms with Crippen molar-refractivity contribution >= 4 is 11.3 Å². The van der Waals surface area contributed by atoms with Gasteiger partial charge in [0.15, 0.2) is 0 Å². The highest BCUT2D eigenvalue weighted by Crippen LogP contribution is 2.30. The normalized spacial score (nSPS) is 17.1. The van der Waals surface area contributed by atoms with Crippen molar-refractivity contribution in [1.29, 1.82) is 5.26 Å². The van der Waals surface area contributed by atoms with E-state index in [-0.39, 0.29) is 5.41 Å². The fraction of sp³-hybridized carbons (Fsp3) is 0.733. The molecule has 1 fully saturated rings. The van der Waals surface area contributed by atoms with Crippen LogP contribution in [0.1, 0.15) is 36.3 Å². The van der Waals surface area contributed by atoms with Crippen molar-refractivity contribution in [1.82, 2.24) is 9.88 Å². The van der Waals surface area contributed by atoms with Crippen molar-refractivity contribution in [3.8, 4) is 6.07 Å². The van der Waals surface area contributed by atoms with Crippen LogP contribution in [-0.4, -0.2) is 42.7 Å². The lowest BCUT2D eigenvalue weighted by molar-refractivity contribution is 0.0384. The third-order valence-electron chi connectivity index (χ3n) is 3.44. The van der Waals surface area contributed by atoms with E-state index < -0.39 is 0 Å². The van der Waals surface area contributed by atoms with Gasteiger partial charge in [0.2, 0.25) is 0 Å². The molecule has 0 atom stereocenters. The first-order valence-electron chi connectivity index (χ1n) is 7.17. The van der Waals surface area contributed by atoms with E-state index >= 15 is 0 Å². The maximum atomic E-state index is 8.96. The molecule has 0 N–H and O–H groups in total. The summed E-state index contributed by atoms with van der Waals surface area (Å²) in [5, 5.41) is 10.1. The van der Waals surface area contributed by atoms with Gasteiger partial charge < -0.3 is 4.74 Å². The summed E-state index contributed by atoms with van der Waals surface area (Å²) in [5.41, 5.74) is 1.11. The zero-order chi connectivity index (χ0) is 14.6. The second-order valence-electron chi connectivity index (χ2n) is 6.17. The van der Waals surface area contributed by atoms with Crippen LogP contribution in [0.4, 0.5) is 0 Å². The number of hydrogen-bond acceptors (Lipinski definition) is 5. The van der Waals surface area contributed by atoms with Gasteiger partial charge in [-0.25, -0.2) is 4.98 Å². The lowest BCUT2D eigenvalue weighted by atomic mass is 9.91. The molecule has 20 heavy (non-hydrogen) atoms. The number of rotatable bonds is 4. The smallest absolute Gasteiger partial charge is 0.0944 e. The quantitative estimate of drug-likeness (QED) is 0.855. The number of hydrogen-bond donors (Lipinski definition) is 0. The standard InChI is InChI=1S/C15H23N3OS/c1-15(2,3)14-12(4-6-16)20-13(17-14)5-7-18-8-10-19-11-9-18/h4-5,7-11H2,1-3H3. The van der Waals surface area contributed by atoms with E-state index in [9.17, 15) is 0 Å². The number of aromatic nitrogens is 1. The van der Waals surface area contributed by atoms with E-state index in [2.05, 4.69) is 31.7 Å². The van der Waals surface area contributed by atoms with Crippen molar-refractivity contribution in [2.24, 2.45) is 0 Å². The van der Waals surface area contributed by atoms with E-state index in [1.807, 2.05) is 0 Å². The molecule has 5 heteroatoms. The molecule has 0 amide bonds. The van der Waals surface area contributed by atoms with Gasteiger partial charge in [0.05, 0.1) is 36.4 Å². The van der Waals surface area contributed by atoms with Crippen molar-refractivity contribution in [3.05, 3.63) is 15.6 Å². The second kappa shape index (κ2) is 6.66. The Kier molecular flexibility index (Phi) is 5.14. The van der Waals surface area contributed by atoms with Gasteiger partial charge in [-0.3, -0.25) is 4.90 Å². The minimum absolute atomic E-state index is 0.0138. The lowest BCUT2D eigenvalue weighted by Gasteiger charge is -2.26. The van der Waals surface area contributed by atoms with Gasteiger partial charge in [0.1, 0.15) is 0 Å². The predicted molar refractivity (Wildman–Crippen MR) is 81.1 cm³/mol. The fourth-order valence-electron chi connectivity index (χ4n) is 2.36. The molecule has 110 valence electrons. The Bertz CT molecular complexity index is 478. The Morgan fingerprint density at radius 1 is 1.35 bits per heavy atom. The molecular weight excluding hydrogens is 270 g/mol. The summed E-state index contributed by atoms with van der Waals surface area (Å²) in [6.45, 7) is 11.2. The number of thiazole rings is 1. The van der Waals surface area contributed by atoms with Crippen molar-refractivity contribution in [2.75, 3.05) is 32.8 Å². The molecular formula is C15H23N3OS. The van der Waals surface area contributed by atoms with Gasteiger partial charge in [-0.15, -0.1) is 11.3 Å². The molecule has 0 bridgehead atoms. The van der Waals surface area contributed by atoms with Crippen LogP contribution >= 0.6 is 11.3 Å². The SMILES string of the molecule is CC(C)(C)c1nc(CCN2CCOCC2)sc1CC#N. The molecule has 2 rings (SSSR count). The van der Waals surface area contributed by atoms with E-state index in [0.29, 0.717) is 6.42 Å². The van der Waals surface area contributed by atoms with E-state index in [1.165, 1.54) is 0 Å². The molecule has 4 nitrogen and oxygen atoms in total. The highest BCUT2D eigenvalue weighted by molar-refractivity contribution is 7.11. The van der Waals surface area contributed by atoms with E-state index in [0.717, 1.165) is 54.8 Å². The van der Waals surface area contributed by atoms with Crippen molar-refractivity contribution in [2.45, 2.75) is 39.0 Å². The zero-order valence-corrected chi connectivity index (χ0v) is 13.4. The first-order chi connectivity index (χ1) is 9.50.